The van der Waals surface area contributed by atoms with Crippen molar-refractivity contribution in [2.45, 2.75) is 56.8 Å². The van der Waals surface area contributed by atoms with Crippen molar-refractivity contribution in [2.24, 2.45) is 0 Å². The van der Waals surface area contributed by atoms with Gasteiger partial charge in [0.25, 0.3) is 0 Å². The summed E-state index contributed by atoms with van der Waals surface area (Å²) in [5.41, 5.74) is -0.362. The molecule has 1 rings (SSSR count). The molecule has 0 aromatic rings. The van der Waals surface area contributed by atoms with Crippen LogP contribution in [0.4, 0.5) is 13.2 Å². The maximum Gasteiger partial charge on any atom is 0.391 e. The lowest BCUT2D eigenvalue weighted by Gasteiger charge is -2.28. The highest BCUT2D eigenvalue weighted by atomic mass is 19.4. The summed E-state index contributed by atoms with van der Waals surface area (Å²) in [5, 5.41) is 12.7. The highest BCUT2D eigenvalue weighted by Crippen LogP contribution is 2.32. The van der Waals surface area contributed by atoms with Gasteiger partial charge >= 0.3 is 6.18 Å². The predicted molar refractivity (Wildman–Crippen MR) is 62.4 cm³/mol. The molecule has 0 bridgehead atoms. The third-order valence-corrected chi connectivity index (χ3v) is 3.36. The fourth-order valence-corrected chi connectivity index (χ4v) is 2.31. The SMILES string of the molecule is CCCNC1(CO)CCC(OCCC(F)(F)F)C1. The zero-order valence-corrected chi connectivity index (χ0v) is 10.7. The average molecular weight is 269 g/mol. The van der Waals surface area contributed by atoms with Gasteiger partial charge in [-0.2, -0.15) is 13.2 Å². The van der Waals surface area contributed by atoms with E-state index >= 15 is 0 Å². The normalized spacial score (nSPS) is 28.8. The molecule has 1 aliphatic carbocycles. The van der Waals surface area contributed by atoms with Gasteiger partial charge in [0.1, 0.15) is 0 Å². The summed E-state index contributed by atoms with van der Waals surface area (Å²) in [6.07, 6.45) is -2.24. The Labute approximate surface area is 106 Å². The predicted octanol–water partition coefficient (Wildman–Crippen LogP) is 2.24. The minimum atomic E-state index is -4.16. The van der Waals surface area contributed by atoms with Gasteiger partial charge in [0.05, 0.1) is 25.7 Å². The Morgan fingerprint density at radius 3 is 2.72 bits per heavy atom. The summed E-state index contributed by atoms with van der Waals surface area (Å²) in [7, 11) is 0. The molecule has 0 aromatic heterocycles. The molecule has 1 saturated carbocycles. The summed E-state index contributed by atoms with van der Waals surface area (Å²) >= 11 is 0. The summed E-state index contributed by atoms with van der Waals surface area (Å²) < 4.78 is 41.2. The molecule has 3 nitrogen and oxygen atoms in total. The lowest BCUT2D eigenvalue weighted by atomic mass is 9.98. The van der Waals surface area contributed by atoms with Crippen LogP contribution in [-0.4, -0.2) is 42.7 Å². The first-order valence-corrected chi connectivity index (χ1v) is 6.45. The lowest BCUT2D eigenvalue weighted by Crippen LogP contribution is -2.47. The van der Waals surface area contributed by atoms with Crippen LogP contribution in [0.3, 0.4) is 0 Å². The molecule has 108 valence electrons. The standard InChI is InChI=1S/C12H22F3NO2/c1-2-6-16-11(9-17)4-3-10(8-11)18-7-5-12(13,14)15/h10,16-17H,2-9H2,1H3. The van der Waals surface area contributed by atoms with Gasteiger partial charge in [0.15, 0.2) is 0 Å². The lowest BCUT2D eigenvalue weighted by molar-refractivity contribution is -0.149. The third-order valence-electron chi connectivity index (χ3n) is 3.36. The van der Waals surface area contributed by atoms with Crippen LogP contribution in [-0.2, 0) is 4.74 Å². The van der Waals surface area contributed by atoms with Crippen LogP contribution in [0.25, 0.3) is 0 Å². The average Bonchev–Trinajstić information content (AvgIpc) is 2.69. The molecule has 2 N–H and O–H groups in total. The first kappa shape index (κ1) is 15.7. The van der Waals surface area contributed by atoms with Crippen molar-refractivity contribution < 1.29 is 23.0 Å². The molecule has 2 unspecified atom stereocenters. The molecule has 6 heteroatoms. The Morgan fingerprint density at radius 2 is 2.17 bits per heavy atom. The minimum Gasteiger partial charge on any atom is -0.394 e. The Balaban J connectivity index is 2.30. The maximum absolute atomic E-state index is 12.0. The molecule has 1 fully saturated rings. The first-order chi connectivity index (χ1) is 8.41. The molecule has 0 saturated heterocycles. The molecule has 18 heavy (non-hydrogen) atoms. The number of nitrogens with one attached hydrogen (secondary N) is 1. The monoisotopic (exact) mass is 269 g/mol. The number of hydrogen-bond donors (Lipinski definition) is 2. The molecule has 0 amide bonds. The van der Waals surface area contributed by atoms with Crippen molar-refractivity contribution in [1.82, 2.24) is 5.32 Å². The quantitative estimate of drug-likeness (QED) is 0.744. The molecule has 0 aliphatic heterocycles. The fraction of sp³-hybridized carbons (Fsp3) is 1.00. The molecule has 0 spiro atoms. The first-order valence-electron chi connectivity index (χ1n) is 6.45. The van der Waals surface area contributed by atoms with Gasteiger partial charge in [0.2, 0.25) is 0 Å². The van der Waals surface area contributed by atoms with Gasteiger partial charge in [-0.15, -0.1) is 0 Å². The minimum absolute atomic E-state index is 0.00608. The van der Waals surface area contributed by atoms with Crippen molar-refractivity contribution >= 4 is 0 Å². The van der Waals surface area contributed by atoms with Crippen LogP contribution in [0.5, 0.6) is 0 Å². The maximum atomic E-state index is 12.0. The Morgan fingerprint density at radius 1 is 1.44 bits per heavy atom. The van der Waals surface area contributed by atoms with Crippen molar-refractivity contribution in [2.75, 3.05) is 19.8 Å². The van der Waals surface area contributed by atoms with Gasteiger partial charge in [-0.1, -0.05) is 6.92 Å². The van der Waals surface area contributed by atoms with Gasteiger partial charge < -0.3 is 15.2 Å². The van der Waals surface area contributed by atoms with Crippen molar-refractivity contribution in [3.8, 4) is 0 Å². The molecular formula is C12H22F3NO2. The van der Waals surface area contributed by atoms with Crippen LogP contribution < -0.4 is 5.32 Å². The molecular weight excluding hydrogens is 247 g/mol. The summed E-state index contributed by atoms with van der Waals surface area (Å²) in [5.74, 6) is 0. The van der Waals surface area contributed by atoms with E-state index in [9.17, 15) is 18.3 Å². The summed E-state index contributed by atoms with van der Waals surface area (Å²) in [6, 6.07) is 0. The molecule has 0 radical (unpaired) electrons. The number of rotatable bonds is 7. The van der Waals surface area contributed by atoms with E-state index < -0.39 is 12.6 Å². The van der Waals surface area contributed by atoms with Crippen LogP contribution in [0.2, 0.25) is 0 Å². The number of hydrogen-bond acceptors (Lipinski definition) is 3. The van der Waals surface area contributed by atoms with Gasteiger partial charge in [-0.25, -0.2) is 0 Å². The van der Waals surface area contributed by atoms with E-state index in [0.29, 0.717) is 12.8 Å². The van der Waals surface area contributed by atoms with E-state index in [1.165, 1.54) is 0 Å². The molecule has 0 heterocycles. The van der Waals surface area contributed by atoms with Gasteiger partial charge in [-0.3, -0.25) is 0 Å². The number of halogens is 3. The largest absolute Gasteiger partial charge is 0.394 e. The number of aliphatic hydroxyl groups excluding tert-OH is 1. The third kappa shape index (κ3) is 5.12. The fourth-order valence-electron chi connectivity index (χ4n) is 2.31. The highest BCUT2D eigenvalue weighted by molar-refractivity contribution is 4.96. The topological polar surface area (TPSA) is 41.5 Å². The Kier molecular flexibility index (Phi) is 5.88. The second-order valence-electron chi connectivity index (χ2n) is 4.97. The van der Waals surface area contributed by atoms with E-state index in [4.69, 9.17) is 4.74 Å². The van der Waals surface area contributed by atoms with Gasteiger partial charge in [-0.05, 0) is 32.2 Å². The van der Waals surface area contributed by atoms with E-state index in [2.05, 4.69) is 5.32 Å². The second-order valence-corrected chi connectivity index (χ2v) is 4.97. The Bertz CT molecular complexity index is 248. The van der Waals surface area contributed by atoms with Crippen LogP contribution >= 0.6 is 0 Å². The van der Waals surface area contributed by atoms with E-state index in [1.807, 2.05) is 6.92 Å². The smallest absolute Gasteiger partial charge is 0.391 e. The second kappa shape index (κ2) is 6.73. The molecule has 1 aliphatic rings. The van der Waals surface area contributed by atoms with E-state index in [-0.39, 0.29) is 24.9 Å². The number of ether oxygens (including phenoxy) is 1. The van der Waals surface area contributed by atoms with E-state index in [0.717, 1.165) is 19.4 Å². The zero-order valence-electron chi connectivity index (χ0n) is 10.7. The summed E-state index contributed by atoms with van der Waals surface area (Å²) in [4.78, 5) is 0. The van der Waals surface area contributed by atoms with Crippen LogP contribution in [0.1, 0.15) is 39.0 Å². The van der Waals surface area contributed by atoms with Crippen molar-refractivity contribution in [1.29, 1.82) is 0 Å². The molecule has 2 atom stereocenters. The van der Waals surface area contributed by atoms with Gasteiger partial charge in [0, 0.05) is 5.54 Å². The number of alkyl halides is 3. The number of aliphatic hydroxyl groups is 1. The molecule has 0 aromatic carbocycles. The summed E-state index contributed by atoms with van der Waals surface area (Å²) in [6.45, 7) is 2.55. The van der Waals surface area contributed by atoms with E-state index in [1.54, 1.807) is 0 Å². The van der Waals surface area contributed by atoms with Crippen molar-refractivity contribution in [3.63, 3.8) is 0 Å². The van der Waals surface area contributed by atoms with Crippen LogP contribution in [0, 0.1) is 0 Å². The van der Waals surface area contributed by atoms with Crippen LogP contribution in [0.15, 0.2) is 0 Å². The zero-order chi connectivity index (χ0) is 13.6. The van der Waals surface area contributed by atoms with Crippen molar-refractivity contribution in [3.05, 3.63) is 0 Å². The highest BCUT2D eigenvalue weighted by Gasteiger charge is 2.39. The Hall–Kier alpha value is -0.330.